The SMILES string of the molecule is COc1ccc(Cn2cc(C(=O)NC3CCN(Cc4ccccc4)CC3)nn2)cc1. The standard InChI is InChI=1S/C23H27N5O2/c1-30-21-9-7-19(8-10-21)16-28-17-22(25-26-28)23(29)24-20-11-13-27(14-12-20)15-18-5-3-2-4-6-18/h2-10,17,20H,11-16H2,1H3,(H,24,29). The number of piperidine rings is 1. The summed E-state index contributed by atoms with van der Waals surface area (Å²) in [4.78, 5) is 15.0. The van der Waals surface area contributed by atoms with Crippen molar-refractivity contribution in [3.8, 4) is 5.75 Å². The predicted molar refractivity (Wildman–Crippen MR) is 114 cm³/mol. The Hall–Kier alpha value is -3.19. The quantitative estimate of drug-likeness (QED) is 0.654. The molecule has 1 amide bonds. The Morgan fingerprint density at radius 2 is 1.73 bits per heavy atom. The smallest absolute Gasteiger partial charge is 0.273 e. The third kappa shape index (κ3) is 5.24. The zero-order valence-electron chi connectivity index (χ0n) is 17.2. The number of carbonyl (C=O) groups is 1. The van der Waals surface area contributed by atoms with Gasteiger partial charge in [-0.15, -0.1) is 5.10 Å². The molecule has 1 aromatic heterocycles. The first-order chi connectivity index (χ1) is 14.7. The number of methoxy groups -OCH3 is 1. The molecule has 0 bridgehead atoms. The second kappa shape index (κ2) is 9.54. The Kier molecular flexibility index (Phi) is 6.39. The summed E-state index contributed by atoms with van der Waals surface area (Å²) in [7, 11) is 1.64. The molecule has 1 fully saturated rings. The zero-order valence-corrected chi connectivity index (χ0v) is 17.2. The van der Waals surface area contributed by atoms with E-state index in [1.54, 1.807) is 18.0 Å². The number of likely N-dealkylation sites (tertiary alicyclic amines) is 1. The second-order valence-corrected chi connectivity index (χ2v) is 7.66. The van der Waals surface area contributed by atoms with E-state index in [2.05, 4.69) is 44.8 Å². The van der Waals surface area contributed by atoms with Crippen molar-refractivity contribution in [3.05, 3.63) is 77.6 Å². The molecule has 2 heterocycles. The van der Waals surface area contributed by atoms with E-state index in [1.807, 2.05) is 30.3 Å². The molecule has 156 valence electrons. The number of benzene rings is 2. The lowest BCUT2D eigenvalue weighted by atomic mass is 10.0. The molecule has 3 aromatic rings. The van der Waals surface area contributed by atoms with E-state index in [1.165, 1.54) is 5.56 Å². The summed E-state index contributed by atoms with van der Waals surface area (Å²) < 4.78 is 6.85. The number of ether oxygens (including phenoxy) is 1. The lowest BCUT2D eigenvalue weighted by Gasteiger charge is -2.32. The van der Waals surface area contributed by atoms with Crippen LogP contribution in [0.2, 0.25) is 0 Å². The van der Waals surface area contributed by atoms with Crippen LogP contribution < -0.4 is 10.1 Å². The first-order valence-corrected chi connectivity index (χ1v) is 10.3. The monoisotopic (exact) mass is 405 g/mol. The van der Waals surface area contributed by atoms with Crippen LogP contribution in [0.15, 0.2) is 60.8 Å². The minimum Gasteiger partial charge on any atom is -0.497 e. The highest BCUT2D eigenvalue weighted by atomic mass is 16.5. The number of hydrogen-bond acceptors (Lipinski definition) is 5. The topological polar surface area (TPSA) is 72.3 Å². The minimum atomic E-state index is -0.155. The Labute approximate surface area is 176 Å². The highest BCUT2D eigenvalue weighted by Gasteiger charge is 2.22. The van der Waals surface area contributed by atoms with Crippen molar-refractivity contribution in [1.82, 2.24) is 25.2 Å². The maximum absolute atomic E-state index is 12.6. The maximum atomic E-state index is 12.6. The molecule has 4 rings (SSSR count). The van der Waals surface area contributed by atoms with Crippen LogP contribution in [0.25, 0.3) is 0 Å². The van der Waals surface area contributed by atoms with Gasteiger partial charge in [-0.2, -0.15) is 0 Å². The lowest BCUT2D eigenvalue weighted by molar-refractivity contribution is 0.0904. The van der Waals surface area contributed by atoms with E-state index in [0.29, 0.717) is 12.2 Å². The van der Waals surface area contributed by atoms with Crippen molar-refractivity contribution in [2.24, 2.45) is 0 Å². The molecule has 1 aliphatic rings. The fourth-order valence-corrected chi connectivity index (χ4v) is 3.73. The van der Waals surface area contributed by atoms with Crippen LogP contribution in [-0.2, 0) is 13.1 Å². The number of aromatic nitrogens is 3. The number of hydrogen-bond donors (Lipinski definition) is 1. The van der Waals surface area contributed by atoms with Gasteiger partial charge in [0.05, 0.1) is 19.9 Å². The molecule has 7 heteroatoms. The van der Waals surface area contributed by atoms with Gasteiger partial charge in [0, 0.05) is 25.7 Å². The predicted octanol–water partition coefficient (Wildman–Crippen LogP) is 2.73. The Morgan fingerprint density at radius 1 is 1.03 bits per heavy atom. The van der Waals surface area contributed by atoms with Gasteiger partial charge in [0.25, 0.3) is 5.91 Å². The number of amides is 1. The summed E-state index contributed by atoms with van der Waals surface area (Å²) in [6, 6.07) is 18.4. The largest absolute Gasteiger partial charge is 0.497 e. The number of carbonyl (C=O) groups excluding carboxylic acids is 1. The van der Waals surface area contributed by atoms with Crippen molar-refractivity contribution in [3.63, 3.8) is 0 Å². The third-order valence-corrected chi connectivity index (χ3v) is 5.45. The molecule has 1 saturated heterocycles. The van der Waals surface area contributed by atoms with Crippen LogP contribution >= 0.6 is 0 Å². The molecule has 2 aromatic carbocycles. The van der Waals surface area contributed by atoms with Gasteiger partial charge in [-0.1, -0.05) is 47.7 Å². The minimum absolute atomic E-state index is 0.155. The number of nitrogens with zero attached hydrogens (tertiary/aromatic N) is 4. The van der Waals surface area contributed by atoms with Crippen LogP contribution in [0, 0.1) is 0 Å². The Morgan fingerprint density at radius 3 is 2.43 bits per heavy atom. The van der Waals surface area contributed by atoms with Crippen LogP contribution in [-0.4, -0.2) is 52.0 Å². The van der Waals surface area contributed by atoms with E-state index in [9.17, 15) is 4.79 Å². The summed E-state index contributed by atoms with van der Waals surface area (Å²) in [5.41, 5.74) is 2.75. The molecule has 0 spiro atoms. The normalized spacial score (nSPS) is 15.1. The van der Waals surface area contributed by atoms with Gasteiger partial charge in [-0.25, -0.2) is 4.68 Å². The highest BCUT2D eigenvalue weighted by molar-refractivity contribution is 5.92. The van der Waals surface area contributed by atoms with Crippen molar-refractivity contribution >= 4 is 5.91 Å². The molecule has 1 N–H and O–H groups in total. The summed E-state index contributed by atoms with van der Waals surface area (Å²) in [6.45, 7) is 3.47. The van der Waals surface area contributed by atoms with E-state index < -0.39 is 0 Å². The van der Waals surface area contributed by atoms with Gasteiger partial charge in [0.1, 0.15) is 5.75 Å². The third-order valence-electron chi connectivity index (χ3n) is 5.45. The van der Waals surface area contributed by atoms with Crippen molar-refractivity contribution in [1.29, 1.82) is 0 Å². The van der Waals surface area contributed by atoms with Gasteiger partial charge < -0.3 is 10.1 Å². The molecule has 0 radical (unpaired) electrons. The van der Waals surface area contributed by atoms with Crippen LogP contribution in [0.3, 0.4) is 0 Å². The summed E-state index contributed by atoms with van der Waals surface area (Å²) in [6.07, 6.45) is 3.58. The van der Waals surface area contributed by atoms with E-state index >= 15 is 0 Å². The van der Waals surface area contributed by atoms with Gasteiger partial charge in [-0.3, -0.25) is 9.69 Å². The fourth-order valence-electron chi connectivity index (χ4n) is 3.73. The van der Waals surface area contributed by atoms with Gasteiger partial charge in [0.2, 0.25) is 0 Å². The van der Waals surface area contributed by atoms with Gasteiger partial charge in [0.15, 0.2) is 5.69 Å². The number of nitrogens with one attached hydrogen (secondary N) is 1. The number of rotatable bonds is 7. The van der Waals surface area contributed by atoms with E-state index in [4.69, 9.17) is 4.74 Å². The highest BCUT2D eigenvalue weighted by Crippen LogP contribution is 2.15. The first-order valence-electron chi connectivity index (χ1n) is 10.3. The van der Waals surface area contributed by atoms with Gasteiger partial charge in [-0.05, 0) is 36.1 Å². The van der Waals surface area contributed by atoms with Crippen molar-refractivity contribution in [2.75, 3.05) is 20.2 Å². The molecule has 0 aliphatic carbocycles. The molecule has 30 heavy (non-hydrogen) atoms. The average molecular weight is 406 g/mol. The van der Waals surface area contributed by atoms with E-state index in [0.717, 1.165) is 43.8 Å². The van der Waals surface area contributed by atoms with Crippen LogP contribution in [0.1, 0.15) is 34.5 Å². The molecule has 7 nitrogen and oxygen atoms in total. The summed E-state index contributed by atoms with van der Waals surface area (Å²) >= 11 is 0. The molecule has 0 atom stereocenters. The lowest BCUT2D eigenvalue weighted by Crippen LogP contribution is -2.44. The summed E-state index contributed by atoms with van der Waals surface area (Å²) in [5, 5.41) is 11.3. The second-order valence-electron chi connectivity index (χ2n) is 7.66. The van der Waals surface area contributed by atoms with Crippen LogP contribution in [0.5, 0.6) is 5.75 Å². The molecular formula is C23H27N5O2. The molecule has 0 unspecified atom stereocenters. The molecule has 1 aliphatic heterocycles. The van der Waals surface area contributed by atoms with Crippen LogP contribution in [0.4, 0.5) is 0 Å². The molecular weight excluding hydrogens is 378 g/mol. The molecule has 0 saturated carbocycles. The Balaban J connectivity index is 1.25. The van der Waals surface area contributed by atoms with Crippen molar-refractivity contribution in [2.45, 2.75) is 32.0 Å². The zero-order chi connectivity index (χ0) is 20.8. The van der Waals surface area contributed by atoms with Crippen molar-refractivity contribution < 1.29 is 9.53 Å². The summed E-state index contributed by atoms with van der Waals surface area (Å²) in [5.74, 6) is 0.657. The fraction of sp³-hybridized carbons (Fsp3) is 0.348. The average Bonchev–Trinajstić information content (AvgIpc) is 3.25. The van der Waals surface area contributed by atoms with E-state index in [-0.39, 0.29) is 11.9 Å². The van der Waals surface area contributed by atoms with Gasteiger partial charge >= 0.3 is 0 Å². The maximum Gasteiger partial charge on any atom is 0.273 e. The Bertz CT molecular complexity index is 947. The first kappa shape index (κ1) is 20.1.